The van der Waals surface area contributed by atoms with Gasteiger partial charge >= 0.3 is 6.18 Å². The minimum absolute atomic E-state index is 0.447. The Labute approximate surface area is 165 Å². The van der Waals surface area contributed by atoms with Gasteiger partial charge in [0.25, 0.3) is 0 Å². The molecule has 3 aromatic rings. The fourth-order valence-electron chi connectivity index (χ4n) is 2.90. The van der Waals surface area contributed by atoms with E-state index in [1.54, 1.807) is 0 Å². The Balaban J connectivity index is 2.42. The third kappa shape index (κ3) is 3.77. The number of primary sulfonamides is 1. The number of benzene rings is 3. The number of halogens is 7. The van der Waals surface area contributed by atoms with Gasteiger partial charge in [-0.2, -0.15) is 13.2 Å². The van der Waals surface area contributed by atoms with Gasteiger partial charge in [0.05, 0.1) is 10.5 Å². The Morgan fingerprint density at radius 2 is 1.20 bits per heavy atom. The number of hydrogen-bond donors (Lipinski definition) is 1. The highest BCUT2D eigenvalue weighted by molar-refractivity contribution is 7.89. The molecule has 0 amide bonds. The Bertz CT molecular complexity index is 1240. The van der Waals surface area contributed by atoms with Crippen molar-refractivity contribution in [3.8, 4) is 22.3 Å². The van der Waals surface area contributed by atoms with E-state index in [9.17, 15) is 39.2 Å². The summed E-state index contributed by atoms with van der Waals surface area (Å²) in [5.74, 6) is -8.27. The van der Waals surface area contributed by atoms with Crippen LogP contribution in [0.4, 0.5) is 30.7 Å². The molecule has 3 aromatic carbocycles. The zero-order valence-electron chi connectivity index (χ0n) is 14.6. The average Bonchev–Trinajstić information content (AvgIpc) is 2.68. The maximum Gasteiger partial charge on any atom is 0.416 e. The van der Waals surface area contributed by atoms with E-state index in [1.165, 1.54) is 12.1 Å². The van der Waals surface area contributed by atoms with E-state index >= 15 is 0 Å². The van der Waals surface area contributed by atoms with Crippen molar-refractivity contribution < 1.29 is 39.2 Å². The van der Waals surface area contributed by atoms with E-state index in [4.69, 9.17) is 5.14 Å². The van der Waals surface area contributed by atoms with E-state index < -0.39 is 72.2 Å². The molecule has 11 heteroatoms. The largest absolute Gasteiger partial charge is 0.416 e. The number of alkyl halides is 3. The third-order valence-corrected chi connectivity index (χ3v) is 5.20. The first-order valence-corrected chi connectivity index (χ1v) is 9.54. The number of rotatable bonds is 3. The van der Waals surface area contributed by atoms with Crippen LogP contribution in [-0.2, 0) is 16.2 Å². The number of nitrogens with two attached hydrogens (primary N) is 1. The lowest BCUT2D eigenvalue weighted by Gasteiger charge is -2.17. The molecule has 0 unspecified atom stereocenters. The van der Waals surface area contributed by atoms with Gasteiger partial charge in [0, 0.05) is 16.7 Å². The minimum atomic E-state index is -4.74. The Morgan fingerprint density at radius 1 is 0.700 bits per heavy atom. The Kier molecular flexibility index (Phi) is 5.37. The van der Waals surface area contributed by atoms with Crippen LogP contribution in [-0.4, -0.2) is 8.42 Å². The van der Waals surface area contributed by atoms with Crippen LogP contribution in [0.25, 0.3) is 22.3 Å². The van der Waals surface area contributed by atoms with Crippen LogP contribution in [0.15, 0.2) is 53.4 Å². The molecule has 3 nitrogen and oxygen atoms in total. The Morgan fingerprint density at radius 3 is 1.70 bits per heavy atom. The zero-order valence-corrected chi connectivity index (χ0v) is 15.4. The van der Waals surface area contributed by atoms with Crippen LogP contribution in [0, 0.1) is 23.3 Å². The molecule has 0 aliphatic heterocycles. The van der Waals surface area contributed by atoms with Crippen LogP contribution < -0.4 is 5.14 Å². The van der Waals surface area contributed by atoms with Crippen molar-refractivity contribution in [1.82, 2.24) is 0 Å². The second-order valence-electron chi connectivity index (χ2n) is 6.12. The second-order valence-corrected chi connectivity index (χ2v) is 7.65. The summed E-state index contributed by atoms with van der Waals surface area (Å²) in [6, 6.07) is 6.82. The van der Waals surface area contributed by atoms with Gasteiger partial charge in [-0.3, -0.25) is 0 Å². The summed E-state index contributed by atoms with van der Waals surface area (Å²) in [6.45, 7) is 0. The van der Waals surface area contributed by atoms with Gasteiger partial charge in [-0.25, -0.2) is 31.1 Å². The molecule has 0 bridgehead atoms. The van der Waals surface area contributed by atoms with E-state index in [0.29, 0.717) is 12.1 Å². The van der Waals surface area contributed by atoms with Crippen LogP contribution in [0.3, 0.4) is 0 Å². The van der Waals surface area contributed by atoms with Gasteiger partial charge in [-0.15, -0.1) is 0 Å². The fourth-order valence-corrected chi connectivity index (χ4v) is 3.65. The second kappa shape index (κ2) is 7.40. The lowest BCUT2D eigenvalue weighted by molar-refractivity contribution is -0.137. The lowest BCUT2D eigenvalue weighted by atomic mass is 9.92. The predicted octanol–water partition coefficient (Wildman–Crippen LogP) is 5.24. The van der Waals surface area contributed by atoms with Crippen molar-refractivity contribution >= 4 is 10.0 Å². The van der Waals surface area contributed by atoms with Gasteiger partial charge in [0.2, 0.25) is 10.0 Å². The normalized spacial score (nSPS) is 12.3. The van der Waals surface area contributed by atoms with E-state index in [1.807, 2.05) is 0 Å². The Hall–Kier alpha value is -2.92. The van der Waals surface area contributed by atoms with E-state index in [-0.39, 0.29) is 0 Å². The van der Waals surface area contributed by atoms with Gasteiger partial charge < -0.3 is 0 Å². The summed E-state index contributed by atoms with van der Waals surface area (Å²) < 4.78 is 119. The monoisotopic (exact) mass is 449 g/mol. The van der Waals surface area contributed by atoms with Gasteiger partial charge in [-0.05, 0) is 23.8 Å². The zero-order chi connectivity index (χ0) is 22.4. The summed E-state index contributed by atoms with van der Waals surface area (Å²) in [5, 5.41) is 5.07. The molecule has 0 saturated carbocycles. The molecule has 0 radical (unpaired) electrons. The standard InChI is InChI=1S/C19H10F7NO2S/c20-15-13(9-5-7-10(8-6-9)19(24,25)26)14(16(21)18(23)17(15)22)11-3-1-2-4-12(11)30(27,28)29/h1-8H,(H2,27,28,29). The first-order chi connectivity index (χ1) is 13.8. The quantitative estimate of drug-likeness (QED) is 0.338. The van der Waals surface area contributed by atoms with Crippen LogP contribution in [0.1, 0.15) is 5.56 Å². The molecule has 0 saturated heterocycles. The molecule has 0 spiro atoms. The third-order valence-electron chi connectivity index (χ3n) is 4.23. The number of hydrogen-bond acceptors (Lipinski definition) is 2. The highest BCUT2D eigenvalue weighted by Gasteiger charge is 2.32. The minimum Gasteiger partial charge on any atom is -0.225 e. The fraction of sp³-hybridized carbons (Fsp3) is 0.0526. The van der Waals surface area contributed by atoms with Crippen molar-refractivity contribution in [3.63, 3.8) is 0 Å². The van der Waals surface area contributed by atoms with Crippen molar-refractivity contribution in [2.45, 2.75) is 11.1 Å². The first-order valence-electron chi connectivity index (χ1n) is 7.99. The molecule has 30 heavy (non-hydrogen) atoms. The van der Waals surface area contributed by atoms with E-state index in [0.717, 1.165) is 24.3 Å². The van der Waals surface area contributed by atoms with Gasteiger partial charge in [0.15, 0.2) is 23.3 Å². The maximum absolute atomic E-state index is 14.7. The SMILES string of the molecule is NS(=O)(=O)c1ccccc1-c1c(F)c(F)c(F)c(F)c1-c1ccc(C(F)(F)F)cc1. The molecule has 158 valence electrons. The van der Waals surface area contributed by atoms with Crippen LogP contribution in [0.2, 0.25) is 0 Å². The topological polar surface area (TPSA) is 60.2 Å². The summed E-state index contributed by atoms with van der Waals surface area (Å²) in [5.41, 5.74) is -4.13. The average molecular weight is 449 g/mol. The van der Waals surface area contributed by atoms with Gasteiger partial charge in [-0.1, -0.05) is 30.3 Å². The lowest BCUT2D eigenvalue weighted by Crippen LogP contribution is -2.14. The van der Waals surface area contributed by atoms with E-state index in [2.05, 4.69) is 0 Å². The smallest absolute Gasteiger partial charge is 0.225 e. The van der Waals surface area contributed by atoms with Crippen molar-refractivity contribution in [3.05, 3.63) is 77.4 Å². The molecule has 3 rings (SSSR count). The molecule has 0 aliphatic rings. The highest BCUT2D eigenvalue weighted by Crippen LogP contribution is 2.42. The van der Waals surface area contributed by atoms with Crippen LogP contribution >= 0.6 is 0 Å². The molecular formula is C19H10F7NO2S. The molecular weight excluding hydrogens is 439 g/mol. The molecule has 0 heterocycles. The molecule has 2 N–H and O–H groups in total. The summed E-state index contributed by atoms with van der Waals surface area (Å²) in [6.07, 6.45) is -4.74. The molecule has 0 atom stereocenters. The molecule has 0 fully saturated rings. The molecule has 0 aliphatic carbocycles. The first kappa shape index (κ1) is 21.8. The van der Waals surface area contributed by atoms with Crippen molar-refractivity contribution in [2.75, 3.05) is 0 Å². The summed E-state index contributed by atoms with van der Waals surface area (Å²) in [7, 11) is -4.51. The predicted molar refractivity (Wildman–Crippen MR) is 93.5 cm³/mol. The van der Waals surface area contributed by atoms with Crippen LogP contribution in [0.5, 0.6) is 0 Å². The van der Waals surface area contributed by atoms with Gasteiger partial charge in [0.1, 0.15) is 0 Å². The molecule has 0 aromatic heterocycles. The highest BCUT2D eigenvalue weighted by atomic mass is 32.2. The maximum atomic E-state index is 14.7. The summed E-state index contributed by atoms with van der Waals surface area (Å²) >= 11 is 0. The summed E-state index contributed by atoms with van der Waals surface area (Å²) in [4.78, 5) is -0.720. The van der Waals surface area contributed by atoms with Crippen molar-refractivity contribution in [1.29, 1.82) is 0 Å². The number of sulfonamides is 1. The van der Waals surface area contributed by atoms with Crippen molar-refractivity contribution in [2.24, 2.45) is 5.14 Å².